The van der Waals surface area contributed by atoms with E-state index in [0.29, 0.717) is 5.56 Å². The molecule has 0 unspecified atom stereocenters. The van der Waals surface area contributed by atoms with E-state index in [2.05, 4.69) is 55.4 Å². The SMILES string of the molecule is C=C(C)c1cc2c(cc1N1CCN(C3CCC3)CC1)C(C)(C)C(C)=C(c1ccc(C#N)cc1C)C2=O. The average Bonchev–Trinajstić information content (AvgIpc) is 2.82. The van der Waals surface area contributed by atoms with Crippen LogP contribution in [0.4, 0.5) is 5.69 Å². The summed E-state index contributed by atoms with van der Waals surface area (Å²) in [6.45, 7) is 19.1. The highest BCUT2D eigenvalue weighted by Crippen LogP contribution is 2.47. The van der Waals surface area contributed by atoms with Crippen LogP contribution in [-0.4, -0.2) is 42.9 Å². The number of nitrogens with zero attached hydrogens (tertiary/aromatic N) is 3. The van der Waals surface area contributed by atoms with E-state index in [4.69, 9.17) is 0 Å². The summed E-state index contributed by atoms with van der Waals surface area (Å²) >= 11 is 0. The first-order chi connectivity index (χ1) is 17.1. The van der Waals surface area contributed by atoms with E-state index >= 15 is 0 Å². The maximum Gasteiger partial charge on any atom is 0.193 e. The van der Waals surface area contributed by atoms with Crippen molar-refractivity contribution in [3.05, 3.63) is 75.9 Å². The van der Waals surface area contributed by atoms with Crippen LogP contribution in [0.3, 0.4) is 0 Å². The molecular weight excluding hydrogens is 442 g/mol. The van der Waals surface area contributed by atoms with E-state index in [1.165, 1.54) is 24.9 Å². The highest BCUT2D eigenvalue weighted by Gasteiger charge is 2.39. The second kappa shape index (κ2) is 9.05. The van der Waals surface area contributed by atoms with E-state index in [0.717, 1.165) is 76.8 Å². The van der Waals surface area contributed by atoms with Gasteiger partial charge in [-0.25, -0.2) is 0 Å². The van der Waals surface area contributed by atoms with Gasteiger partial charge in [-0.15, -0.1) is 0 Å². The number of piperazine rings is 1. The van der Waals surface area contributed by atoms with Gasteiger partial charge in [-0.2, -0.15) is 5.26 Å². The van der Waals surface area contributed by atoms with Crippen LogP contribution in [0.15, 0.2) is 42.5 Å². The summed E-state index contributed by atoms with van der Waals surface area (Å²) in [5.74, 6) is 0.0680. The number of anilines is 1. The number of nitriles is 1. The zero-order chi connectivity index (χ0) is 25.8. The van der Waals surface area contributed by atoms with Crippen LogP contribution >= 0.6 is 0 Å². The van der Waals surface area contributed by atoms with Crippen molar-refractivity contribution in [3.8, 4) is 6.07 Å². The molecule has 3 aliphatic rings. The van der Waals surface area contributed by atoms with Crippen LogP contribution in [0.1, 0.15) is 85.1 Å². The molecule has 1 heterocycles. The number of fused-ring (bicyclic) bond motifs is 1. The third-order valence-electron chi connectivity index (χ3n) is 8.92. The minimum Gasteiger partial charge on any atom is -0.368 e. The van der Waals surface area contributed by atoms with Gasteiger partial charge in [0, 0.05) is 60.0 Å². The van der Waals surface area contributed by atoms with Crippen LogP contribution < -0.4 is 4.90 Å². The summed E-state index contributed by atoms with van der Waals surface area (Å²) in [6, 6.07) is 13.0. The normalized spacial score (nSPS) is 20.1. The number of hydrogen-bond acceptors (Lipinski definition) is 4. The van der Waals surface area contributed by atoms with E-state index in [-0.39, 0.29) is 11.2 Å². The zero-order valence-corrected chi connectivity index (χ0v) is 22.4. The van der Waals surface area contributed by atoms with Crippen molar-refractivity contribution < 1.29 is 4.79 Å². The smallest absolute Gasteiger partial charge is 0.193 e. The highest BCUT2D eigenvalue weighted by molar-refractivity contribution is 6.32. The van der Waals surface area contributed by atoms with Crippen molar-refractivity contribution in [2.45, 2.75) is 65.3 Å². The molecule has 36 heavy (non-hydrogen) atoms. The molecule has 0 bridgehead atoms. The lowest BCUT2D eigenvalue weighted by Crippen LogP contribution is -2.52. The van der Waals surface area contributed by atoms with E-state index in [1.807, 2.05) is 32.0 Å². The first-order valence-corrected chi connectivity index (χ1v) is 13.2. The summed E-state index contributed by atoms with van der Waals surface area (Å²) in [6.07, 6.45) is 4.06. The zero-order valence-electron chi connectivity index (χ0n) is 22.4. The van der Waals surface area contributed by atoms with Crippen LogP contribution in [0.2, 0.25) is 0 Å². The van der Waals surface area contributed by atoms with Crippen LogP contribution in [0, 0.1) is 18.3 Å². The molecule has 0 aromatic heterocycles. The van der Waals surface area contributed by atoms with E-state index in [1.54, 1.807) is 0 Å². The average molecular weight is 480 g/mol. The lowest BCUT2D eigenvalue weighted by atomic mass is 9.66. The van der Waals surface area contributed by atoms with Crippen molar-refractivity contribution >= 4 is 22.6 Å². The minimum absolute atomic E-state index is 0.0680. The highest BCUT2D eigenvalue weighted by atomic mass is 16.1. The summed E-state index contributed by atoms with van der Waals surface area (Å²) < 4.78 is 0. The number of carbonyl (C=O) groups is 1. The maximum atomic E-state index is 14.1. The number of allylic oxidation sites excluding steroid dienone is 3. The minimum atomic E-state index is -0.297. The number of benzene rings is 2. The molecule has 5 rings (SSSR count). The second-order valence-electron chi connectivity index (χ2n) is 11.4. The Morgan fingerprint density at radius 1 is 1.06 bits per heavy atom. The van der Waals surface area contributed by atoms with E-state index in [9.17, 15) is 10.1 Å². The Kier molecular flexibility index (Phi) is 6.17. The van der Waals surface area contributed by atoms with Crippen molar-refractivity contribution in [3.63, 3.8) is 0 Å². The van der Waals surface area contributed by atoms with Crippen molar-refractivity contribution in [2.24, 2.45) is 0 Å². The maximum absolute atomic E-state index is 14.1. The van der Waals surface area contributed by atoms with E-state index < -0.39 is 0 Å². The molecule has 2 aromatic rings. The Morgan fingerprint density at radius 3 is 2.31 bits per heavy atom. The fraction of sp³-hybridized carbons (Fsp3) is 0.438. The van der Waals surface area contributed by atoms with Gasteiger partial charge in [-0.1, -0.05) is 38.5 Å². The molecule has 0 radical (unpaired) electrons. The van der Waals surface area contributed by atoms with Gasteiger partial charge in [-0.05, 0) is 80.1 Å². The molecule has 2 aliphatic carbocycles. The Morgan fingerprint density at radius 2 is 1.75 bits per heavy atom. The molecule has 0 spiro atoms. The molecule has 0 amide bonds. The summed E-state index contributed by atoms with van der Waals surface area (Å²) in [7, 11) is 0. The van der Waals surface area contributed by atoms with Gasteiger partial charge in [-0.3, -0.25) is 9.69 Å². The number of Topliss-reactive ketones (excluding diaryl/α,β-unsaturated/α-hetero) is 1. The molecule has 0 atom stereocenters. The van der Waals surface area contributed by atoms with Gasteiger partial charge in [0.05, 0.1) is 11.6 Å². The number of ketones is 1. The molecule has 186 valence electrons. The predicted octanol–water partition coefficient (Wildman–Crippen LogP) is 6.52. The van der Waals surface area contributed by atoms with Crippen molar-refractivity contribution in [2.75, 3.05) is 31.1 Å². The lowest BCUT2D eigenvalue weighted by Gasteiger charge is -2.44. The van der Waals surface area contributed by atoms with Gasteiger partial charge in [0.1, 0.15) is 0 Å². The Bertz CT molecular complexity index is 1330. The van der Waals surface area contributed by atoms with Gasteiger partial charge >= 0.3 is 0 Å². The standard InChI is InChI=1S/C32H37N3O/c1-20(2)26-17-27-28(18-29(26)35-14-12-34(13-15-35)24-8-7-9-24)32(5,6)22(4)30(31(27)36)25-11-10-23(19-33)16-21(25)3/h10-11,16-18,24H,1,7-9,12-15H2,2-6H3. The molecule has 1 saturated heterocycles. The second-order valence-corrected chi connectivity index (χ2v) is 11.4. The molecule has 4 nitrogen and oxygen atoms in total. The Labute approximate surface area is 215 Å². The van der Waals surface area contributed by atoms with Gasteiger partial charge in [0.25, 0.3) is 0 Å². The third-order valence-corrected chi connectivity index (χ3v) is 8.92. The summed E-state index contributed by atoms with van der Waals surface area (Å²) in [4.78, 5) is 19.2. The fourth-order valence-corrected chi connectivity index (χ4v) is 6.13. The molecular formula is C32H37N3O. The van der Waals surface area contributed by atoms with Crippen LogP contribution in [-0.2, 0) is 5.41 Å². The monoisotopic (exact) mass is 479 g/mol. The number of rotatable bonds is 4. The largest absolute Gasteiger partial charge is 0.368 e. The third kappa shape index (κ3) is 3.91. The predicted molar refractivity (Wildman–Crippen MR) is 148 cm³/mol. The quantitative estimate of drug-likeness (QED) is 0.501. The number of hydrogen-bond donors (Lipinski definition) is 0. The molecule has 4 heteroatoms. The first kappa shape index (κ1) is 24.5. The number of carbonyl (C=O) groups excluding carboxylic acids is 1. The van der Waals surface area contributed by atoms with Crippen molar-refractivity contribution in [1.82, 2.24) is 4.90 Å². The first-order valence-electron chi connectivity index (χ1n) is 13.2. The van der Waals surface area contributed by atoms with Crippen molar-refractivity contribution in [1.29, 1.82) is 5.26 Å². The molecule has 2 aromatic carbocycles. The Balaban J connectivity index is 1.57. The lowest BCUT2D eigenvalue weighted by molar-refractivity contribution is 0.105. The fourth-order valence-electron chi connectivity index (χ4n) is 6.13. The van der Waals surface area contributed by atoms with Gasteiger partial charge in [0.2, 0.25) is 0 Å². The van der Waals surface area contributed by atoms with Crippen LogP contribution in [0.25, 0.3) is 11.1 Å². The van der Waals surface area contributed by atoms with Crippen LogP contribution in [0.5, 0.6) is 0 Å². The summed E-state index contributed by atoms with van der Waals surface area (Å²) in [5, 5.41) is 9.31. The molecule has 1 saturated carbocycles. The molecule has 2 fully saturated rings. The molecule has 0 N–H and O–H groups in total. The Hall–Kier alpha value is -3.16. The summed E-state index contributed by atoms with van der Waals surface area (Å²) in [5.41, 5.74) is 9.19. The van der Waals surface area contributed by atoms with Gasteiger partial charge < -0.3 is 4.90 Å². The topological polar surface area (TPSA) is 47.3 Å². The van der Waals surface area contributed by atoms with Gasteiger partial charge in [0.15, 0.2) is 5.78 Å². The molecule has 1 aliphatic heterocycles. The number of aryl methyl sites for hydroxylation is 1.